The van der Waals surface area contributed by atoms with Gasteiger partial charge in [-0.2, -0.15) is 0 Å². The van der Waals surface area contributed by atoms with Crippen LogP contribution in [-0.4, -0.2) is 37.7 Å². The second-order valence-electron chi connectivity index (χ2n) is 13.1. The van der Waals surface area contributed by atoms with Gasteiger partial charge in [0.05, 0.1) is 5.39 Å². The predicted octanol–water partition coefficient (Wildman–Crippen LogP) is 7.89. The Morgan fingerprint density at radius 3 is 2.52 bits per heavy atom. The quantitative estimate of drug-likeness (QED) is 0.267. The summed E-state index contributed by atoms with van der Waals surface area (Å²) in [7, 11) is 0. The lowest BCUT2D eigenvalue weighted by Gasteiger charge is -2.27. The highest BCUT2D eigenvalue weighted by molar-refractivity contribution is 6.07. The van der Waals surface area contributed by atoms with Gasteiger partial charge in [-0.05, 0) is 85.4 Å². The van der Waals surface area contributed by atoms with Crippen molar-refractivity contribution in [3.05, 3.63) is 94.5 Å². The molecule has 7 heteroatoms. The second kappa shape index (κ2) is 14.0. The van der Waals surface area contributed by atoms with Crippen molar-refractivity contribution >= 4 is 34.0 Å². The third-order valence-corrected chi connectivity index (χ3v) is 9.75. The van der Waals surface area contributed by atoms with Gasteiger partial charge in [0, 0.05) is 55.1 Å². The van der Waals surface area contributed by atoms with Crippen LogP contribution in [-0.2, 0) is 4.79 Å². The number of nitrogens with one attached hydrogen (secondary N) is 2. The number of fused-ring (bicyclic) bond motifs is 1. The van der Waals surface area contributed by atoms with Crippen LogP contribution in [0.25, 0.3) is 22.1 Å². The molecule has 3 aliphatic rings. The SMILES string of the molecule is C=C(/N=C1/CCC(C2CCCC2)C(C(=O)C(C)C)=CC1=CC)Nc1ccc(-c2cccc3c(=O)cc(N4CCNCC4)oc23)cc1. The zero-order valence-electron chi connectivity index (χ0n) is 27.4. The summed E-state index contributed by atoms with van der Waals surface area (Å²) in [5.41, 5.74) is 6.24. The lowest BCUT2D eigenvalue weighted by molar-refractivity contribution is -0.119. The molecule has 1 unspecified atom stereocenters. The van der Waals surface area contributed by atoms with Crippen molar-refractivity contribution in [2.75, 3.05) is 36.4 Å². The zero-order chi connectivity index (χ0) is 32.2. The van der Waals surface area contributed by atoms with Crippen molar-refractivity contribution in [3.63, 3.8) is 0 Å². The van der Waals surface area contributed by atoms with Gasteiger partial charge in [-0.1, -0.05) is 63.6 Å². The fourth-order valence-corrected chi connectivity index (χ4v) is 7.28. The largest absolute Gasteiger partial charge is 0.440 e. The van der Waals surface area contributed by atoms with E-state index in [4.69, 9.17) is 9.41 Å². The van der Waals surface area contributed by atoms with E-state index in [9.17, 15) is 9.59 Å². The summed E-state index contributed by atoms with van der Waals surface area (Å²) in [6.45, 7) is 13.6. The normalized spacial score (nSPS) is 21.2. The molecule has 1 aliphatic heterocycles. The topological polar surface area (TPSA) is 86.9 Å². The molecule has 46 heavy (non-hydrogen) atoms. The molecule has 1 saturated carbocycles. The molecule has 6 rings (SSSR count). The summed E-state index contributed by atoms with van der Waals surface area (Å²) >= 11 is 0. The van der Waals surface area contributed by atoms with Crippen LogP contribution in [0.4, 0.5) is 11.6 Å². The Balaban J connectivity index is 1.22. The number of Topliss-reactive ketones (excluding diaryl/α,β-unsaturated/α-hetero) is 1. The van der Waals surface area contributed by atoms with Crippen molar-refractivity contribution in [1.82, 2.24) is 5.32 Å². The van der Waals surface area contributed by atoms with Crippen LogP contribution in [0.5, 0.6) is 0 Å². The van der Waals surface area contributed by atoms with Gasteiger partial charge in [0.2, 0.25) is 0 Å². The number of carbonyl (C=O) groups is 1. The fourth-order valence-electron chi connectivity index (χ4n) is 7.28. The number of aliphatic imine (C=N–C) groups is 1. The number of piperazine rings is 1. The monoisotopic (exact) mass is 618 g/mol. The molecule has 0 bridgehead atoms. The van der Waals surface area contributed by atoms with Crippen LogP contribution < -0.4 is 21.0 Å². The summed E-state index contributed by atoms with van der Waals surface area (Å²) in [4.78, 5) is 33.5. The Morgan fingerprint density at radius 1 is 1.09 bits per heavy atom. The molecule has 2 aromatic carbocycles. The van der Waals surface area contributed by atoms with Crippen molar-refractivity contribution < 1.29 is 9.21 Å². The molecule has 2 heterocycles. The maximum absolute atomic E-state index is 13.4. The van der Waals surface area contributed by atoms with Gasteiger partial charge < -0.3 is 20.0 Å². The number of para-hydroxylation sites is 1. The van der Waals surface area contributed by atoms with E-state index in [1.807, 2.05) is 63.2 Å². The number of hydrogen-bond acceptors (Lipinski definition) is 7. The Labute approximate surface area is 272 Å². The molecule has 0 spiro atoms. The second-order valence-corrected chi connectivity index (χ2v) is 13.1. The van der Waals surface area contributed by atoms with E-state index >= 15 is 0 Å². The Kier molecular flexibility index (Phi) is 9.69. The zero-order valence-corrected chi connectivity index (χ0v) is 27.4. The van der Waals surface area contributed by atoms with E-state index in [0.717, 1.165) is 72.7 Å². The first-order valence-electron chi connectivity index (χ1n) is 16.9. The van der Waals surface area contributed by atoms with Gasteiger partial charge in [0.25, 0.3) is 0 Å². The summed E-state index contributed by atoms with van der Waals surface area (Å²) in [6.07, 6.45) is 10.9. The van der Waals surface area contributed by atoms with Gasteiger partial charge in [0.1, 0.15) is 11.4 Å². The number of benzene rings is 2. The summed E-state index contributed by atoms with van der Waals surface area (Å²) < 4.78 is 6.37. The fraction of sp³-hybridized carbons (Fsp3) is 0.410. The van der Waals surface area contributed by atoms with Gasteiger partial charge in [-0.3, -0.25) is 9.59 Å². The first-order valence-corrected chi connectivity index (χ1v) is 16.9. The highest BCUT2D eigenvalue weighted by Gasteiger charge is 2.34. The van der Waals surface area contributed by atoms with Gasteiger partial charge in [-0.25, -0.2) is 4.99 Å². The highest BCUT2D eigenvalue weighted by Crippen LogP contribution is 2.41. The molecule has 0 radical (unpaired) electrons. The summed E-state index contributed by atoms with van der Waals surface area (Å²) in [5, 5.41) is 7.29. The van der Waals surface area contributed by atoms with Crippen LogP contribution in [0.1, 0.15) is 59.3 Å². The standard InChI is InChI=1S/C39H46N4O3/c1-5-27-23-34(38(45)25(2)3)31(28-9-6-7-10-28)17-18-35(27)42-26(4)41-30-15-13-29(14-16-30)32-11-8-12-33-36(44)24-37(46-39(32)33)43-21-19-40-20-22-43/h5,8,11-16,23-25,28,31,40-41H,4,6-7,9-10,17-22H2,1-3H3/b27-5?,42-35-. The number of ketones is 1. The molecule has 0 amide bonds. The Hall–Kier alpha value is -4.23. The van der Waals surface area contributed by atoms with E-state index in [-0.39, 0.29) is 17.1 Å². The number of carbonyl (C=O) groups excluding carboxylic acids is 1. The van der Waals surface area contributed by atoms with Crippen LogP contribution in [0.2, 0.25) is 0 Å². The van der Waals surface area contributed by atoms with E-state index in [2.05, 4.69) is 34.3 Å². The van der Waals surface area contributed by atoms with Crippen molar-refractivity contribution in [3.8, 4) is 11.1 Å². The molecular formula is C39H46N4O3. The van der Waals surface area contributed by atoms with Crippen LogP contribution in [0.15, 0.2) is 98.4 Å². The third kappa shape index (κ3) is 6.80. The lowest BCUT2D eigenvalue weighted by Crippen LogP contribution is -2.43. The van der Waals surface area contributed by atoms with Crippen molar-refractivity contribution in [2.24, 2.45) is 22.7 Å². The first-order chi connectivity index (χ1) is 22.3. The summed E-state index contributed by atoms with van der Waals surface area (Å²) in [5.74, 6) is 2.29. The first kappa shape index (κ1) is 31.7. The van der Waals surface area contributed by atoms with Crippen LogP contribution in [0, 0.1) is 17.8 Å². The highest BCUT2D eigenvalue weighted by atomic mass is 16.4. The molecule has 3 aromatic rings. The number of allylic oxidation sites excluding steroid dienone is 4. The molecule has 240 valence electrons. The number of rotatable bonds is 8. The molecular weight excluding hydrogens is 572 g/mol. The van der Waals surface area contributed by atoms with Crippen LogP contribution >= 0.6 is 0 Å². The average molecular weight is 619 g/mol. The number of nitrogens with zero attached hydrogens (tertiary/aromatic N) is 2. The smallest absolute Gasteiger partial charge is 0.200 e. The number of anilines is 2. The minimum absolute atomic E-state index is 0.0227. The molecule has 2 aliphatic carbocycles. The van der Waals surface area contributed by atoms with Gasteiger partial charge in [-0.15, -0.1) is 0 Å². The van der Waals surface area contributed by atoms with Gasteiger partial charge >= 0.3 is 0 Å². The van der Waals surface area contributed by atoms with Crippen LogP contribution in [0.3, 0.4) is 0 Å². The van der Waals surface area contributed by atoms with Gasteiger partial charge in [0.15, 0.2) is 17.1 Å². The number of hydrogen-bond donors (Lipinski definition) is 2. The molecule has 1 saturated heterocycles. The molecule has 1 atom stereocenters. The Bertz CT molecular complexity index is 1750. The maximum atomic E-state index is 13.4. The summed E-state index contributed by atoms with van der Waals surface area (Å²) in [6, 6.07) is 15.4. The molecule has 7 nitrogen and oxygen atoms in total. The Morgan fingerprint density at radius 2 is 1.83 bits per heavy atom. The minimum atomic E-state index is -0.0329. The molecule has 2 N–H and O–H groups in total. The average Bonchev–Trinajstić information content (AvgIpc) is 3.54. The maximum Gasteiger partial charge on any atom is 0.200 e. The predicted molar refractivity (Wildman–Crippen MR) is 190 cm³/mol. The van der Waals surface area contributed by atoms with Crippen molar-refractivity contribution in [2.45, 2.75) is 59.3 Å². The van der Waals surface area contributed by atoms with E-state index in [1.165, 1.54) is 25.7 Å². The minimum Gasteiger partial charge on any atom is -0.440 e. The van der Waals surface area contributed by atoms with E-state index in [1.54, 1.807) is 6.07 Å². The molecule has 2 fully saturated rings. The lowest BCUT2D eigenvalue weighted by atomic mass is 9.78. The molecule has 1 aromatic heterocycles. The third-order valence-electron chi connectivity index (χ3n) is 9.75. The van der Waals surface area contributed by atoms with Crippen molar-refractivity contribution in [1.29, 1.82) is 0 Å². The van der Waals surface area contributed by atoms with E-state index < -0.39 is 0 Å². The van der Waals surface area contributed by atoms with E-state index in [0.29, 0.717) is 34.5 Å².